The van der Waals surface area contributed by atoms with Crippen LogP contribution in [0.5, 0.6) is 0 Å². The molecule has 0 radical (unpaired) electrons. The molecule has 106 valence electrons. The van der Waals surface area contributed by atoms with Crippen LogP contribution >= 0.6 is 0 Å². The Kier molecular flexibility index (Phi) is 4.97. The Hall–Kier alpha value is -0.900. The Morgan fingerprint density at radius 2 is 1.89 bits per heavy atom. The van der Waals surface area contributed by atoms with Crippen molar-refractivity contribution in [3.8, 4) is 0 Å². The van der Waals surface area contributed by atoms with Crippen LogP contribution < -0.4 is 5.73 Å². The van der Waals surface area contributed by atoms with Crippen molar-refractivity contribution in [2.75, 3.05) is 26.2 Å². The van der Waals surface area contributed by atoms with Gasteiger partial charge >= 0.3 is 0 Å². The van der Waals surface area contributed by atoms with Gasteiger partial charge in [-0.05, 0) is 37.4 Å². The molecule has 0 amide bonds. The summed E-state index contributed by atoms with van der Waals surface area (Å²) in [6.45, 7) is 5.33. The number of β-amino-alcohol motifs (C(OH)–C–C–N with tert-alkyl or cyclic N) is 1. The zero-order valence-electron chi connectivity index (χ0n) is 11.9. The molecule has 1 aromatic carbocycles. The van der Waals surface area contributed by atoms with Gasteiger partial charge in [0.05, 0.1) is 0 Å². The maximum absolute atomic E-state index is 10.8. The average molecular weight is 262 g/mol. The molecule has 1 aliphatic rings. The lowest BCUT2D eigenvalue weighted by molar-refractivity contribution is -0.00262. The van der Waals surface area contributed by atoms with E-state index in [0.717, 1.165) is 24.6 Å². The Labute approximate surface area is 116 Å². The van der Waals surface area contributed by atoms with Gasteiger partial charge in [-0.15, -0.1) is 0 Å². The summed E-state index contributed by atoms with van der Waals surface area (Å²) in [6, 6.07) is 9.81. The van der Waals surface area contributed by atoms with Crippen molar-refractivity contribution in [2.45, 2.75) is 31.8 Å². The van der Waals surface area contributed by atoms with Crippen LogP contribution in [-0.4, -0.2) is 36.2 Å². The van der Waals surface area contributed by atoms with Crippen LogP contribution in [0.25, 0.3) is 0 Å². The first-order valence-electron chi connectivity index (χ1n) is 7.38. The summed E-state index contributed by atoms with van der Waals surface area (Å²) in [6.07, 6.45) is 3.76. The number of hydrogen-bond donors (Lipinski definition) is 2. The van der Waals surface area contributed by atoms with Crippen molar-refractivity contribution in [1.82, 2.24) is 4.90 Å². The van der Waals surface area contributed by atoms with Gasteiger partial charge < -0.3 is 15.7 Å². The molecule has 3 N–H and O–H groups in total. The smallest absolute Gasteiger partial charge is 0.114 e. The highest BCUT2D eigenvalue weighted by molar-refractivity contribution is 5.23. The van der Waals surface area contributed by atoms with Crippen LogP contribution in [0.1, 0.15) is 31.7 Å². The van der Waals surface area contributed by atoms with Crippen LogP contribution in [-0.2, 0) is 5.60 Å². The van der Waals surface area contributed by atoms with E-state index in [2.05, 4.69) is 11.8 Å². The minimum atomic E-state index is -0.916. The largest absolute Gasteiger partial charge is 0.382 e. The van der Waals surface area contributed by atoms with E-state index >= 15 is 0 Å². The molecule has 1 atom stereocenters. The molecule has 1 saturated heterocycles. The summed E-state index contributed by atoms with van der Waals surface area (Å²) in [7, 11) is 0. The Balaban J connectivity index is 2.00. The van der Waals surface area contributed by atoms with Crippen LogP contribution in [0, 0.1) is 5.92 Å². The van der Waals surface area contributed by atoms with Gasteiger partial charge in [-0.3, -0.25) is 0 Å². The highest BCUT2D eigenvalue weighted by Crippen LogP contribution is 2.25. The quantitative estimate of drug-likeness (QED) is 0.853. The monoisotopic (exact) mass is 262 g/mol. The molecule has 1 heterocycles. The molecule has 3 nitrogen and oxygen atoms in total. The van der Waals surface area contributed by atoms with Gasteiger partial charge in [0.15, 0.2) is 0 Å². The molecule has 0 spiro atoms. The van der Waals surface area contributed by atoms with Crippen molar-refractivity contribution < 1.29 is 5.11 Å². The molecule has 1 aliphatic heterocycles. The van der Waals surface area contributed by atoms with E-state index in [0.29, 0.717) is 6.54 Å². The van der Waals surface area contributed by atoms with Gasteiger partial charge in [0.25, 0.3) is 0 Å². The van der Waals surface area contributed by atoms with Crippen LogP contribution in [0.4, 0.5) is 0 Å². The Morgan fingerprint density at radius 1 is 1.26 bits per heavy atom. The molecule has 0 saturated carbocycles. The zero-order chi connectivity index (χ0) is 13.7. The summed E-state index contributed by atoms with van der Waals surface area (Å²) in [5.41, 5.74) is 5.84. The second-order valence-electron chi connectivity index (χ2n) is 5.73. The summed E-state index contributed by atoms with van der Waals surface area (Å²) in [5.74, 6) is 0.860. The van der Waals surface area contributed by atoms with Gasteiger partial charge in [-0.25, -0.2) is 0 Å². The first kappa shape index (κ1) is 14.5. The summed E-state index contributed by atoms with van der Waals surface area (Å²) in [5, 5.41) is 10.8. The van der Waals surface area contributed by atoms with E-state index in [1.807, 2.05) is 30.3 Å². The molecular formula is C16H26N2O. The first-order chi connectivity index (χ1) is 9.18. The molecule has 1 unspecified atom stereocenters. The number of likely N-dealkylation sites (tertiary alicyclic amines) is 1. The molecule has 19 heavy (non-hydrogen) atoms. The predicted octanol–water partition coefficient (Wildman–Crippen LogP) is 1.95. The number of aliphatic hydroxyl groups is 1. The van der Waals surface area contributed by atoms with E-state index in [-0.39, 0.29) is 6.54 Å². The summed E-state index contributed by atoms with van der Waals surface area (Å²) < 4.78 is 0. The second kappa shape index (κ2) is 6.51. The Morgan fingerprint density at radius 3 is 2.42 bits per heavy atom. The van der Waals surface area contributed by atoms with Crippen LogP contribution in [0.15, 0.2) is 30.3 Å². The number of nitrogens with zero attached hydrogens (tertiary/aromatic N) is 1. The molecule has 3 heteroatoms. The number of rotatable bonds is 5. The Bertz CT molecular complexity index is 374. The van der Waals surface area contributed by atoms with Gasteiger partial charge in [0, 0.05) is 13.1 Å². The normalized spacial score (nSPS) is 21.2. The maximum atomic E-state index is 10.8. The third-order valence-electron chi connectivity index (χ3n) is 4.42. The lowest BCUT2D eigenvalue weighted by Crippen LogP contribution is -2.48. The fourth-order valence-electron chi connectivity index (χ4n) is 2.94. The van der Waals surface area contributed by atoms with Gasteiger partial charge in [-0.2, -0.15) is 0 Å². The average Bonchev–Trinajstić information content (AvgIpc) is 2.49. The van der Waals surface area contributed by atoms with E-state index in [1.54, 1.807) is 0 Å². The molecular weight excluding hydrogens is 236 g/mol. The van der Waals surface area contributed by atoms with Crippen molar-refractivity contribution in [2.24, 2.45) is 11.7 Å². The molecule has 1 fully saturated rings. The topological polar surface area (TPSA) is 49.5 Å². The van der Waals surface area contributed by atoms with Crippen LogP contribution in [0.3, 0.4) is 0 Å². The minimum Gasteiger partial charge on any atom is -0.382 e. The number of hydrogen-bond acceptors (Lipinski definition) is 3. The molecule has 0 aliphatic carbocycles. The minimum absolute atomic E-state index is 0.269. The third-order valence-corrected chi connectivity index (χ3v) is 4.42. The summed E-state index contributed by atoms with van der Waals surface area (Å²) >= 11 is 0. The lowest BCUT2D eigenvalue weighted by Gasteiger charge is -2.37. The highest BCUT2D eigenvalue weighted by Gasteiger charge is 2.31. The van der Waals surface area contributed by atoms with E-state index in [4.69, 9.17) is 5.73 Å². The maximum Gasteiger partial charge on any atom is 0.114 e. The van der Waals surface area contributed by atoms with Crippen molar-refractivity contribution in [3.63, 3.8) is 0 Å². The standard InChI is InChI=1S/C16H26N2O/c1-2-14-8-10-18(11-9-14)13-16(19,12-17)15-6-4-3-5-7-15/h3-7,14,19H,2,8-13,17H2,1H3. The van der Waals surface area contributed by atoms with E-state index < -0.39 is 5.60 Å². The molecule has 0 bridgehead atoms. The van der Waals surface area contributed by atoms with Gasteiger partial charge in [0.1, 0.15) is 5.60 Å². The number of benzene rings is 1. The van der Waals surface area contributed by atoms with Gasteiger partial charge in [-0.1, -0.05) is 43.7 Å². The summed E-state index contributed by atoms with van der Waals surface area (Å²) in [4.78, 5) is 2.35. The number of nitrogens with two attached hydrogens (primary N) is 1. The van der Waals surface area contributed by atoms with Crippen molar-refractivity contribution in [3.05, 3.63) is 35.9 Å². The zero-order valence-corrected chi connectivity index (χ0v) is 11.9. The molecule has 2 rings (SSSR count). The first-order valence-corrected chi connectivity index (χ1v) is 7.38. The fraction of sp³-hybridized carbons (Fsp3) is 0.625. The van der Waals surface area contributed by atoms with Crippen LogP contribution in [0.2, 0.25) is 0 Å². The SMILES string of the molecule is CCC1CCN(CC(O)(CN)c2ccccc2)CC1. The molecule has 1 aromatic rings. The second-order valence-corrected chi connectivity index (χ2v) is 5.73. The van der Waals surface area contributed by atoms with E-state index in [1.165, 1.54) is 19.3 Å². The predicted molar refractivity (Wildman–Crippen MR) is 78.8 cm³/mol. The highest BCUT2D eigenvalue weighted by atomic mass is 16.3. The van der Waals surface area contributed by atoms with Crippen molar-refractivity contribution in [1.29, 1.82) is 0 Å². The van der Waals surface area contributed by atoms with Gasteiger partial charge in [0.2, 0.25) is 0 Å². The van der Waals surface area contributed by atoms with Crippen molar-refractivity contribution >= 4 is 0 Å². The van der Waals surface area contributed by atoms with E-state index in [9.17, 15) is 5.11 Å². The lowest BCUT2D eigenvalue weighted by atomic mass is 9.90. The molecule has 0 aromatic heterocycles. The fourth-order valence-corrected chi connectivity index (χ4v) is 2.94. The third kappa shape index (κ3) is 3.56. The number of piperidine rings is 1.